The molecule has 0 saturated heterocycles. The van der Waals surface area contributed by atoms with E-state index in [1.54, 1.807) is 35.3 Å². The van der Waals surface area contributed by atoms with E-state index in [1.807, 2.05) is 0 Å². The fraction of sp³-hybridized carbons (Fsp3) is 0.0714. The van der Waals surface area contributed by atoms with Gasteiger partial charge < -0.3 is 10.2 Å². The molecule has 2 N–H and O–H groups in total. The molecule has 6 nitrogen and oxygen atoms in total. The molecule has 0 aliphatic carbocycles. The molecule has 0 unspecified atom stereocenters. The van der Waals surface area contributed by atoms with Crippen molar-refractivity contribution in [3.8, 4) is 5.95 Å². The lowest BCUT2D eigenvalue weighted by molar-refractivity contribution is 0.0697. The van der Waals surface area contributed by atoms with Gasteiger partial charge in [0.05, 0.1) is 22.2 Å². The Kier molecular flexibility index (Phi) is 3.44. The highest BCUT2D eigenvalue weighted by Crippen LogP contribution is 2.25. The van der Waals surface area contributed by atoms with Crippen molar-refractivity contribution in [1.82, 2.24) is 14.5 Å². The van der Waals surface area contributed by atoms with Crippen molar-refractivity contribution >= 4 is 32.8 Å². The molecule has 0 radical (unpaired) electrons. The number of carbonyl (C=O) groups is 1. The minimum Gasteiger partial charge on any atom is -0.478 e. The molecule has 3 rings (SSSR count). The summed E-state index contributed by atoms with van der Waals surface area (Å²) in [6.45, 7) is -0.146. The van der Waals surface area contributed by atoms with Gasteiger partial charge in [-0.25, -0.2) is 14.8 Å². The summed E-state index contributed by atoms with van der Waals surface area (Å²) in [4.78, 5) is 19.5. The van der Waals surface area contributed by atoms with E-state index in [2.05, 4.69) is 25.9 Å². The third-order valence-corrected chi connectivity index (χ3v) is 3.54. The standard InChI is InChI=1S/C14H10BrN3O3/c15-10-4-16-14(17-5-10)18-6-9(7-19)11-2-1-8(13(20)21)3-12(11)18/h1-6,19H,7H2,(H,20,21). The van der Waals surface area contributed by atoms with Crippen LogP contribution in [0.3, 0.4) is 0 Å². The first-order valence-electron chi connectivity index (χ1n) is 6.06. The molecule has 106 valence electrons. The number of aromatic carboxylic acids is 1. The van der Waals surface area contributed by atoms with Crippen LogP contribution in [0.15, 0.2) is 41.3 Å². The number of carboxylic acid groups (broad SMARTS) is 1. The molecule has 21 heavy (non-hydrogen) atoms. The van der Waals surface area contributed by atoms with Crippen LogP contribution in [0.25, 0.3) is 16.9 Å². The second kappa shape index (κ2) is 5.27. The first kappa shape index (κ1) is 13.7. The largest absolute Gasteiger partial charge is 0.478 e. The van der Waals surface area contributed by atoms with Crippen molar-refractivity contribution in [2.75, 3.05) is 0 Å². The lowest BCUT2D eigenvalue weighted by Crippen LogP contribution is -2.00. The highest BCUT2D eigenvalue weighted by molar-refractivity contribution is 9.10. The summed E-state index contributed by atoms with van der Waals surface area (Å²) in [7, 11) is 0. The summed E-state index contributed by atoms with van der Waals surface area (Å²) in [5, 5.41) is 19.3. The van der Waals surface area contributed by atoms with E-state index >= 15 is 0 Å². The number of nitrogens with zero attached hydrogens (tertiary/aromatic N) is 3. The molecule has 1 aromatic carbocycles. The van der Waals surface area contributed by atoms with Crippen molar-refractivity contribution < 1.29 is 15.0 Å². The molecule has 0 spiro atoms. The first-order chi connectivity index (χ1) is 10.1. The highest BCUT2D eigenvalue weighted by Gasteiger charge is 2.13. The van der Waals surface area contributed by atoms with Gasteiger partial charge in [-0.2, -0.15) is 0 Å². The van der Waals surface area contributed by atoms with E-state index in [1.165, 1.54) is 6.07 Å². The number of rotatable bonds is 3. The van der Waals surface area contributed by atoms with E-state index in [0.29, 0.717) is 17.0 Å². The predicted octanol–water partition coefficient (Wildman–Crippen LogP) is 2.37. The third kappa shape index (κ3) is 2.41. The van der Waals surface area contributed by atoms with Gasteiger partial charge in [0.1, 0.15) is 0 Å². The number of hydrogen-bond acceptors (Lipinski definition) is 4. The highest BCUT2D eigenvalue weighted by atomic mass is 79.9. The second-order valence-corrected chi connectivity index (χ2v) is 5.34. The fourth-order valence-corrected chi connectivity index (χ4v) is 2.36. The van der Waals surface area contributed by atoms with Crippen LogP contribution in [0, 0.1) is 0 Å². The zero-order valence-corrected chi connectivity index (χ0v) is 12.3. The summed E-state index contributed by atoms with van der Waals surface area (Å²) in [5.74, 6) is -0.600. The number of halogens is 1. The SMILES string of the molecule is O=C(O)c1ccc2c(CO)cn(-c3ncc(Br)cn3)c2c1. The van der Waals surface area contributed by atoms with E-state index in [-0.39, 0.29) is 12.2 Å². The smallest absolute Gasteiger partial charge is 0.335 e. The fourth-order valence-electron chi connectivity index (χ4n) is 2.15. The molecule has 2 aromatic heterocycles. The maximum Gasteiger partial charge on any atom is 0.335 e. The van der Waals surface area contributed by atoms with Gasteiger partial charge in [0, 0.05) is 29.5 Å². The van der Waals surface area contributed by atoms with Crippen LogP contribution in [-0.4, -0.2) is 30.7 Å². The van der Waals surface area contributed by atoms with Gasteiger partial charge in [0.2, 0.25) is 5.95 Å². The zero-order valence-electron chi connectivity index (χ0n) is 10.7. The topological polar surface area (TPSA) is 88.2 Å². The Morgan fingerprint density at radius 1 is 1.29 bits per heavy atom. The summed E-state index contributed by atoms with van der Waals surface area (Å²) < 4.78 is 2.41. The second-order valence-electron chi connectivity index (χ2n) is 4.42. The number of benzene rings is 1. The van der Waals surface area contributed by atoms with Crippen LogP contribution < -0.4 is 0 Å². The molecular formula is C14H10BrN3O3. The van der Waals surface area contributed by atoms with E-state index < -0.39 is 5.97 Å². The van der Waals surface area contributed by atoms with Gasteiger partial charge in [-0.3, -0.25) is 4.57 Å². The van der Waals surface area contributed by atoms with Crippen molar-refractivity contribution in [2.24, 2.45) is 0 Å². The minimum atomic E-state index is -1.01. The predicted molar refractivity (Wildman–Crippen MR) is 79.4 cm³/mol. The Morgan fingerprint density at radius 3 is 2.62 bits per heavy atom. The molecule has 0 amide bonds. The summed E-state index contributed by atoms with van der Waals surface area (Å²) in [6, 6.07) is 4.73. The molecule has 7 heteroatoms. The molecule has 0 atom stereocenters. The molecule has 0 fully saturated rings. The summed E-state index contributed by atoms with van der Waals surface area (Å²) in [6.07, 6.45) is 4.92. The number of fused-ring (bicyclic) bond motifs is 1. The van der Waals surface area contributed by atoms with Gasteiger partial charge in [-0.15, -0.1) is 0 Å². The average molecular weight is 348 g/mol. The molecule has 3 aromatic rings. The van der Waals surface area contributed by atoms with Crippen molar-refractivity contribution in [1.29, 1.82) is 0 Å². The molecule has 0 bridgehead atoms. The van der Waals surface area contributed by atoms with Crippen LogP contribution in [-0.2, 0) is 6.61 Å². The Balaban J connectivity index is 2.27. The Hall–Kier alpha value is -2.25. The van der Waals surface area contributed by atoms with Gasteiger partial charge >= 0.3 is 5.97 Å². The monoisotopic (exact) mass is 347 g/mol. The first-order valence-corrected chi connectivity index (χ1v) is 6.85. The quantitative estimate of drug-likeness (QED) is 0.759. The van der Waals surface area contributed by atoms with Crippen molar-refractivity contribution in [2.45, 2.75) is 6.61 Å². The lowest BCUT2D eigenvalue weighted by Gasteiger charge is -2.03. The minimum absolute atomic E-state index is 0.146. The maximum absolute atomic E-state index is 11.1. The number of aliphatic hydroxyl groups excluding tert-OH is 1. The van der Waals surface area contributed by atoms with Crippen LogP contribution >= 0.6 is 15.9 Å². The van der Waals surface area contributed by atoms with Crippen LogP contribution in [0.2, 0.25) is 0 Å². The van der Waals surface area contributed by atoms with E-state index in [9.17, 15) is 9.90 Å². The average Bonchev–Trinajstić information content (AvgIpc) is 2.86. The molecule has 2 heterocycles. The van der Waals surface area contributed by atoms with Gasteiger partial charge in [-0.05, 0) is 28.1 Å². The normalized spacial score (nSPS) is 11.0. The maximum atomic E-state index is 11.1. The Morgan fingerprint density at radius 2 is 2.00 bits per heavy atom. The third-order valence-electron chi connectivity index (χ3n) is 3.13. The lowest BCUT2D eigenvalue weighted by atomic mass is 10.1. The van der Waals surface area contributed by atoms with Crippen LogP contribution in [0.5, 0.6) is 0 Å². The van der Waals surface area contributed by atoms with Crippen LogP contribution in [0.4, 0.5) is 0 Å². The molecule has 0 saturated carbocycles. The molecular weight excluding hydrogens is 338 g/mol. The number of aromatic nitrogens is 3. The van der Waals surface area contributed by atoms with E-state index in [4.69, 9.17) is 5.11 Å². The van der Waals surface area contributed by atoms with Crippen molar-refractivity contribution in [3.05, 3.63) is 52.4 Å². The number of aliphatic hydroxyl groups is 1. The summed E-state index contributed by atoms with van der Waals surface area (Å²) >= 11 is 3.27. The number of carboxylic acids is 1. The van der Waals surface area contributed by atoms with Crippen molar-refractivity contribution in [3.63, 3.8) is 0 Å². The zero-order chi connectivity index (χ0) is 15.0. The Labute approximate surface area is 127 Å². The molecule has 0 aliphatic heterocycles. The van der Waals surface area contributed by atoms with Crippen LogP contribution in [0.1, 0.15) is 15.9 Å². The van der Waals surface area contributed by atoms with E-state index in [0.717, 1.165) is 9.86 Å². The number of hydrogen-bond donors (Lipinski definition) is 2. The summed E-state index contributed by atoms with van der Waals surface area (Å²) in [5.41, 5.74) is 1.50. The molecule has 0 aliphatic rings. The van der Waals surface area contributed by atoms with Gasteiger partial charge in [0.25, 0.3) is 0 Å². The Bertz CT molecular complexity index is 827. The van der Waals surface area contributed by atoms with Gasteiger partial charge in [-0.1, -0.05) is 6.07 Å². The van der Waals surface area contributed by atoms with Gasteiger partial charge in [0.15, 0.2) is 0 Å².